The highest BCUT2D eigenvalue weighted by Gasteiger charge is 2.15. The van der Waals surface area contributed by atoms with Gasteiger partial charge in [0.25, 0.3) is 0 Å². The molecule has 0 radical (unpaired) electrons. The van der Waals surface area contributed by atoms with Gasteiger partial charge in [-0.15, -0.1) is 0 Å². The van der Waals surface area contributed by atoms with E-state index in [0.29, 0.717) is 12.5 Å². The molecule has 0 saturated heterocycles. The Hall–Kier alpha value is -5.86. The maximum Gasteiger partial charge on any atom is 0.127 e. The lowest BCUT2D eigenvalue weighted by Crippen LogP contribution is -2.11. The molecule has 2 nitrogen and oxygen atoms in total. The zero-order chi connectivity index (χ0) is 40.0. The second-order valence-corrected chi connectivity index (χ2v) is 15.9. The minimum atomic E-state index is 0.645. The Bertz CT molecular complexity index is 2240. The van der Waals surface area contributed by atoms with Crippen molar-refractivity contribution in [1.29, 1.82) is 0 Å². The van der Waals surface area contributed by atoms with Crippen LogP contribution < -0.4 is 9.64 Å². The van der Waals surface area contributed by atoms with Crippen LogP contribution in [0.4, 0.5) is 17.1 Å². The zero-order valence-corrected chi connectivity index (χ0v) is 34.8. The summed E-state index contributed by atoms with van der Waals surface area (Å²) < 4.78 is 6.56. The van der Waals surface area contributed by atoms with Crippen LogP contribution in [0.2, 0.25) is 0 Å². The summed E-state index contributed by atoms with van der Waals surface area (Å²) in [7, 11) is 0. The van der Waals surface area contributed by atoms with Crippen LogP contribution in [-0.4, -0.2) is 6.61 Å². The first kappa shape index (κ1) is 40.8. The summed E-state index contributed by atoms with van der Waals surface area (Å²) in [6.45, 7) is 14.2. The fourth-order valence-electron chi connectivity index (χ4n) is 7.20. The Morgan fingerprint density at radius 3 is 1.56 bits per heavy atom. The van der Waals surface area contributed by atoms with E-state index in [2.05, 4.69) is 216 Å². The first-order valence-electron chi connectivity index (χ1n) is 20.7. The fourth-order valence-corrected chi connectivity index (χ4v) is 7.20. The molecular formula is C55H59NO. The summed E-state index contributed by atoms with van der Waals surface area (Å²) in [4.78, 5) is 2.35. The van der Waals surface area contributed by atoms with Gasteiger partial charge < -0.3 is 9.64 Å². The van der Waals surface area contributed by atoms with Crippen molar-refractivity contribution in [2.24, 2.45) is 11.8 Å². The van der Waals surface area contributed by atoms with Crippen LogP contribution in [0.15, 0.2) is 140 Å². The van der Waals surface area contributed by atoms with Gasteiger partial charge in [-0.2, -0.15) is 0 Å². The molecule has 2 heteroatoms. The normalized spacial score (nSPS) is 12.3. The van der Waals surface area contributed by atoms with Crippen LogP contribution in [0.25, 0.3) is 36.5 Å². The zero-order valence-electron chi connectivity index (χ0n) is 34.8. The summed E-state index contributed by atoms with van der Waals surface area (Å²) >= 11 is 0. The third kappa shape index (κ3) is 12.1. The van der Waals surface area contributed by atoms with E-state index < -0.39 is 0 Å². The summed E-state index contributed by atoms with van der Waals surface area (Å²) in [6.07, 6.45) is 18.0. The highest BCUT2D eigenvalue weighted by Crippen LogP contribution is 2.37. The van der Waals surface area contributed by atoms with Gasteiger partial charge in [-0.1, -0.05) is 179 Å². The van der Waals surface area contributed by atoms with Gasteiger partial charge in [0.15, 0.2) is 0 Å². The Labute approximate surface area is 342 Å². The molecule has 0 heterocycles. The fraction of sp³-hybridized carbons (Fsp3) is 0.236. The molecule has 0 aliphatic carbocycles. The number of nitrogens with zero attached hydrogens (tertiary/aromatic N) is 1. The molecule has 0 bridgehead atoms. The van der Waals surface area contributed by atoms with Gasteiger partial charge >= 0.3 is 0 Å². The predicted octanol–water partition coefficient (Wildman–Crippen LogP) is 15.8. The van der Waals surface area contributed by atoms with Gasteiger partial charge in [0.2, 0.25) is 0 Å². The summed E-state index contributed by atoms with van der Waals surface area (Å²) in [5.74, 6) is 2.34. The highest BCUT2D eigenvalue weighted by atomic mass is 16.5. The number of aryl methyl sites for hydroxylation is 3. The lowest BCUT2D eigenvalue weighted by Gasteiger charge is -2.27. The van der Waals surface area contributed by atoms with Crippen LogP contribution in [0.1, 0.15) is 96.5 Å². The average molecular weight is 750 g/mol. The van der Waals surface area contributed by atoms with Crippen LogP contribution >= 0.6 is 0 Å². The largest absolute Gasteiger partial charge is 0.493 e. The first-order valence-corrected chi connectivity index (χ1v) is 20.7. The van der Waals surface area contributed by atoms with Gasteiger partial charge in [0, 0.05) is 22.6 Å². The Kier molecular flexibility index (Phi) is 14.6. The highest BCUT2D eigenvalue weighted by molar-refractivity contribution is 5.82. The topological polar surface area (TPSA) is 12.5 Å². The van der Waals surface area contributed by atoms with E-state index in [1.165, 1.54) is 58.3 Å². The van der Waals surface area contributed by atoms with Crippen molar-refractivity contribution in [2.45, 2.75) is 67.2 Å². The molecule has 0 aliphatic rings. The molecular weight excluding hydrogens is 691 g/mol. The molecule has 1 unspecified atom stereocenters. The maximum atomic E-state index is 6.56. The molecule has 0 amide bonds. The SMILES string of the molecule is Cc1ccc(N(c2ccc(/C=C/c3ccccc3)cc2)c2ccc(/C=C/c3cc(OCCC(C)CCCC(C)C)c(/C=C/c4ccccc4)cc3C)cc2)c(C)c1. The molecule has 0 aliphatic heterocycles. The quantitative estimate of drug-likeness (QED) is 0.0861. The van der Waals surface area contributed by atoms with Crippen LogP contribution in [-0.2, 0) is 0 Å². The van der Waals surface area contributed by atoms with E-state index >= 15 is 0 Å². The summed E-state index contributed by atoms with van der Waals surface area (Å²) in [5, 5.41) is 0. The predicted molar refractivity (Wildman–Crippen MR) is 249 cm³/mol. The number of anilines is 3. The molecule has 0 N–H and O–H groups in total. The third-order valence-corrected chi connectivity index (χ3v) is 10.6. The van der Waals surface area contributed by atoms with Crippen LogP contribution in [0.3, 0.4) is 0 Å². The molecule has 0 spiro atoms. The van der Waals surface area contributed by atoms with Gasteiger partial charge in [0.1, 0.15) is 5.75 Å². The lowest BCUT2D eigenvalue weighted by atomic mass is 9.97. The van der Waals surface area contributed by atoms with E-state index in [1.807, 2.05) is 6.07 Å². The summed E-state index contributed by atoms with van der Waals surface area (Å²) in [6, 6.07) is 49.8. The number of hydrogen-bond acceptors (Lipinski definition) is 2. The third-order valence-electron chi connectivity index (χ3n) is 10.6. The van der Waals surface area contributed by atoms with Crippen molar-refractivity contribution in [1.82, 2.24) is 0 Å². The Morgan fingerprint density at radius 1 is 0.491 bits per heavy atom. The first-order chi connectivity index (χ1) is 27.7. The molecule has 6 aromatic carbocycles. The minimum Gasteiger partial charge on any atom is -0.493 e. The Balaban J connectivity index is 1.22. The van der Waals surface area contributed by atoms with E-state index in [1.54, 1.807) is 0 Å². The lowest BCUT2D eigenvalue weighted by molar-refractivity contribution is 0.275. The van der Waals surface area contributed by atoms with E-state index in [9.17, 15) is 0 Å². The molecule has 290 valence electrons. The number of benzene rings is 6. The van der Waals surface area contributed by atoms with Crippen molar-refractivity contribution in [2.75, 3.05) is 11.5 Å². The Morgan fingerprint density at radius 2 is 1.02 bits per heavy atom. The van der Waals surface area contributed by atoms with E-state index in [-0.39, 0.29) is 0 Å². The second-order valence-electron chi connectivity index (χ2n) is 15.9. The monoisotopic (exact) mass is 749 g/mol. The van der Waals surface area contributed by atoms with E-state index in [0.717, 1.165) is 46.2 Å². The summed E-state index contributed by atoms with van der Waals surface area (Å²) in [5.41, 5.74) is 14.1. The molecule has 0 aromatic heterocycles. The van der Waals surface area contributed by atoms with Crippen molar-refractivity contribution in [3.8, 4) is 5.75 Å². The van der Waals surface area contributed by atoms with Crippen molar-refractivity contribution < 1.29 is 4.74 Å². The number of rotatable bonds is 17. The maximum absolute atomic E-state index is 6.56. The van der Waals surface area contributed by atoms with Crippen molar-refractivity contribution >= 4 is 53.5 Å². The van der Waals surface area contributed by atoms with E-state index in [4.69, 9.17) is 4.74 Å². The van der Waals surface area contributed by atoms with Crippen molar-refractivity contribution in [3.05, 3.63) is 190 Å². The van der Waals surface area contributed by atoms with Crippen LogP contribution in [0.5, 0.6) is 5.75 Å². The van der Waals surface area contributed by atoms with Gasteiger partial charge in [-0.25, -0.2) is 0 Å². The van der Waals surface area contributed by atoms with Gasteiger partial charge in [-0.3, -0.25) is 0 Å². The molecule has 6 rings (SSSR count). The smallest absolute Gasteiger partial charge is 0.127 e. The minimum absolute atomic E-state index is 0.645. The molecule has 0 saturated carbocycles. The van der Waals surface area contributed by atoms with Crippen LogP contribution in [0, 0.1) is 32.6 Å². The molecule has 0 fully saturated rings. The number of hydrogen-bond donors (Lipinski definition) is 0. The number of ether oxygens (including phenoxy) is 1. The molecule has 6 aromatic rings. The average Bonchev–Trinajstić information content (AvgIpc) is 3.22. The van der Waals surface area contributed by atoms with Crippen molar-refractivity contribution in [3.63, 3.8) is 0 Å². The standard InChI is InChI=1S/C55H59NO/c1-41(2)14-13-15-42(3)36-37-57-55-40-50(44(5)39-51(55)30-24-47-18-11-8-12-19-47)29-23-49-27-33-53(34-28-49)56(54-35-20-43(4)38-45(54)6)52-31-25-48(26-32-52)22-21-46-16-9-7-10-17-46/h7-12,16-35,38-42H,13-15,36-37H2,1-6H3/b22-21+,29-23+,30-24+. The second kappa shape index (κ2) is 20.3. The molecule has 57 heavy (non-hydrogen) atoms. The van der Waals surface area contributed by atoms with Gasteiger partial charge in [0.05, 0.1) is 6.61 Å². The van der Waals surface area contributed by atoms with Gasteiger partial charge in [-0.05, 0) is 120 Å². The molecule has 1 atom stereocenters.